The molecule has 4 aliphatic rings. The number of rotatable bonds is 2. The molecule has 4 nitrogen and oxygen atoms in total. The molecular formula is C16H30N2O2Si. The fourth-order valence-corrected chi connectivity index (χ4v) is 9.79. The first-order valence-electron chi connectivity index (χ1n) is 8.90. The normalized spacial score (nSPS) is 52.3. The summed E-state index contributed by atoms with van der Waals surface area (Å²) < 4.78 is 18.8. The lowest BCUT2D eigenvalue weighted by molar-refractivity contribution is 0.124. The van der Waals surface area contributed by atoms with E-state index in [2.05, 4.69) is 36.8 Å². The molecule has 0 amide bonds. The van der Waals surface area contributed by atoms with Crippen LogP contribution in [0.5, 0.6) is 0 Å². The van der Waals surface area contributed by atoms with Crippen LogP contribution >= 0.6 is 0 Å². The van der Waals surface area contributed by atoms with Gasteiger partial charge in [-0.05, 0) is 37.5 Å². The topological polar surface area (TPSA) is 24.9 Å². The van der Waals surface area contributed by atoms with E-state index >= 15 is 0 Å². The third-order valence-corrected chi connectivity index (χ3v) is 9.84. The molecule has 4 rings (SSSR count). The molecule has 4 bridgehead atoms. The molecule has 0 aromatic heterocycles. The van der Waals surface area contributed by atoms with E-state index in [0.29, 0.717) is 36.1 Å². The predicted molar refractivity (Wildman–Crippen MR) is 84.6 cm³/mol. The maximum absolute atomic E-state index is 6.68. The van der Waals surface area contributed by atoms with Crippen LogP contribution in [0.25, 0.3) is 0 Å². The van der Waals surface area contributed by atoms with E-state index in [1.54, 1.807) is 0 Å². The van der Waals surface area contributed by atoms with Crippen molar-refractivity contribution < 1.29 is 8.85 Å². The smallest absolute Gasteiger partial charge is 0.366 e. The van der Waals surface area contributed by atoms with Crippen LogP contribution in [-0.4, -0.2) is 55.4 Å². The molecule has 5 heteroatoms. The molecule has 4 saturated heterocycles. The molecule has 21 heavy (non-hydrogen) atoms. The Bertz CT molecular complexity index is 379. The summed E-state index contributed by atoms with van der Waals surface area (Å²) in [6.45, 7) is 11.7. The van der Waals surface area contributed by atoms with Gasteiger partial charge in [-0.1, -0.05) is 27.7 Å². The zero-order valence-electron chi connectivity index (χ0n) is 13.9. The predicted octanol–water partition coefficient (Wildman–Crippen LogP) is 2.46. The molecular weight excluding hydrogens is 280 g/mol. The van der Waals surface area contributed by atoms with Crippen LogP contribution in [-0.2, 0) is 8.85 Å². The van der Waals surface area contributed by atoms with E-state index in [0.717, 1.165) is 13.1 Å². The van der Waals surface area contributed by atoms with Crippen molar-refractivity contribution >= 4 is 8.88 Å². The number of piperidine rings is 2. The molecule has 1 spiro atoms. The summed E-state index contributed by atoms with van der Waals surface area (Å²) in [5.41, 5.74) is 0. The Balaban J connectivity index is 1.69. The van der Waals surface area contributed by atoms with Gasteiger partial charge in [0, 0.05) is 25.2 Å². The van der Waals surface area contributed by atoms with E-state index in [4.69, 9.17) is 8.85 Å². The zero-order chi connectivity index (χ0) is 14.8. The molecule has 0 aromatic rings. The van der Waals surface area contributed by atoms with Crippen LogP contribution in [0.3, 0.4) is 0 Å². The summed E-state index contributed by atoms with van der Waals surface area (Å²) in [5.74, 6) is 1.39. The minimum absolute atomic E-state index is 0.429. The highest BCUT2D eigenvalue weighted by molar-refractivity contribution is 6.63. The summed E-state index contributed by atoms with van der Waals surface area (Å²) in [4.78, 5) is 0. The lowest BCUT2D eigenvalue weighted by Crippen LogP contribution is -2.67. The monoisotopic (exact) mass is 310 g/mol. The van der Waals surface area contributed by atoms with Crippen molar-refractivity contribution in [3.63, 3.8) is 0 Å². The summed E-state index contributed by atoms with van der Waals surface area (Å²) in [6, 6.07) is 1.31. The standard InChI is InChI=1S/C16H30N2O2Si/c1-11(2)15-7-5-13-9-17(15)21(19-13)18-10-14(20-21)6-8-16(18)12(3)4/h11-16H,5-10H2,1-4H3. The van der Waals surface area contributed by atoms with Gasteiger partial charge in [-0.15, -0.1) is 0 Å². The van der Waals surface area contributed by atoms with Gasteiger partial charge in [-0.2, -0.15) is 0 Å². The summed E-state index contributed by atoms with van der Waals surface area (Å²) in [6.07, 6.45) is 5.87. The van der Waals surface area contributed by atoms with Gasteiger partial charge in [0.1, 0.15) is 0 Å². The molecule has 0 aliphatic carbocycles. The zero-order valence-corrected chi connectivity index (χ0v) is 14.9. The van der Waals surface area contributed by atoms with Crippen molar-refractivity contribution in [3.05, 3.63) is 0 Å². The Morgan fingerprint density at radius 3 is 1.57 bits per heavy atom. The average molecular weight is 311 g/mol. The Morgan fingerprint density at radius 2 is 1.19 bits per heavy atom. The minimum atomic E-state index is -2.31. The van der Waals surface area contributed by atoms with Crippen molar-refractivity contribution in [1.82, 2.24) is 9.13 Å². The van der Waals surface area contributed by atoms with Crippen molar-refractivity contribution in [2.75, 3.05) is 13.1 Å². The second kappa shape index (κ2) is 5.03. The second-order valence-corrected chi connectivity index (χ2v) is 10.8. The van der Waals surface area contributed by atoms with Crippen molar-refractivity contribution in [2.45, 2.75) is 77.7 Å². The molecule has 0 N–H and O–H groups in total. The molecule has 0 aromatic carbocycles. The highest BCUT2D eigenvalue weighted by atomic mass is 28.4. The van der Waals surface area contributed by atoms with Gasteiger partial charge in [0.05, 0.1) is 12.2 Å². The maximum atomic E-state index is 6.68. The third kappa shape index (κ3) is 2.08. The van der Waals surface area contributed by atoms with Crippen molar-refractivity contribution in [1.29, 1.82) is 0 Å². The molecule has 0 radical (unpaired) electrons. The first-order valence-corrected chi connectivity index (χ1v) is 10.6. The Kier molecular flexibility index (Phi) is 3.51. The van der Waals surface area contributed by atoms with Gasteiger partial charge in [0.25, 0.3) is 0 Å². The molecule has 4 heterocycles. The van der Waals surface area contributed by atoms with Crippen LogP contribution in [0.1, 0.15) is 53.4 Å². The highest BCUT2D eigenvalue weighted by Crippen LogP contribution is 2.46. The largest absolute Gasteiger partial charge is 0.523 e. The molecule has 4 fully saturated rings. The van der Waals surface area contributed by atoms with E-state index in [-0.39, 0.29) is 0 Å². The second-order valence-electron chi connectivity index (χ2n) is 8.11. The number of hydrogen-bond donors (Lipinski definition) is 0. The van der Waals surface area contributed by atoms with E-state index in [1.165, 1.54) is 25.7 Å². The summed E-state index contributed by atoms with van der Waals surface area (Å²) in [7, 11) is -2.31. The van der Waals surface area contributed by atoms with Crippen LogP contribution in [0, 0.1) is 11.8 Å². The lowest BCUT2D eigenvalue weighted by Gasteiger charge is -2.44. The number of nitrogens with zero attached hydrogens (tertiary/aromatic N) is 2. The first-order chi connectivity index (χ1) is 10.0. The summed E-state index contributed by atoms with van der Waals surface area (Å²) >= 11 is 0. The van der Waals surface area contributed by atoms with Gasteiger partial charge in [0.15, 0.2) is 0 Å². The highest BCUT2D eigenvalue weighted by Gasteiger charge is 2.68. The van der Waals surface area contributed by atoms with E-state index in [1.807, 2.05) is 0 Å². The van der Waals surface area contributed by atoms with E-state index in [9.17, 15) is 0 Å². The Labute approximate surface area is 130 Å². The molecule has 0 saturated carbocycles. The van der Waals surface area contributed by atoms with Crippen LogP contribution < -0.4 is 0 Å². The fraction of sp³-hybridized carbons (Fsp3) is 1.00. The molecule has 4 aliphatic heterocycles. The quantitative estimate of drug-likeness (QED) is 0.732. The van der Waals surface area contributed by atoms with Gasteiger partial charge < -0.3 is 8.85 Å². The van der Waals surface area contributed by atoms with E-state index < -0.39 is 8.88 Å². The lowest BCUT2D eigenvalue weighted by atomic mass is 9.94. The Hall–Kier alpha value is 0.0569. The van der Waals surface area contributed by atoms with Crippen molar-refractivity contribution in [3.8, 4) is 0 Å². The maximum Gasteiger partial charge on any atom is 0.523 e. The van der Waals surface area contributed by atoms with Gasteiger partial charge in [0.2, 0.25) is 0 Å². The van der Waals surface area contributed by atoms with Gasteiger partial charge in [-0.25, -0.2) is 0 Å². The van der Waals surface area contributed by atoms with Crippen LogP contribution in [0.4, 0.5) is 0 Å². The first kappa shape index (κ1) is 14.6. The van der Waals surface area contributed by atoms with Gasteiger partial charge in [-0.3, -0.25) is 9.13 Å². The average Bonchev–Trinajstić information content (AvgIpc) is 2.86. The molecule has 6 unspecified atom stereocenters. The molecule has 6 atom stereocenters. The molecule has 120 valence electrons. The summed E-state index contributed by atoms with van der Waals surface area (Å²) in [5, 5.41) is 0. The van der Waals surface area contributed by atoms with Crippen LogP contribution in [0.2, 0.25) is 0 Å². The third-order valence-electron chi connectivity index (χ3n) is 6.08. The number of fused-ring (bicyclic) bond motifs is 6. The van der Waals surface area contributed by atoms with Crippen molar-refractivity contribution in [2.24, 2.45) is 11.8 Å². The Morgan fingerprint density at radius 1 is 0.762 bits per heavy atom. The minimum Gasteiger partial charge on any atom is -0.366 e. The van der Waals surface area contributed by atoms with Gasteiger partial charge >= 0.3 is 8.88 Å². The number of hydrogen-bond acceptors (Lipinski definition) is 4. The fourth-order valence-electron chi connectivity index (χ4n) is 5.04. The van der Waals surface area contributed by atoms with Crippen LogP contribution in [0.15, 0.2) is 0 Å². The SMILES string of the molecule is CC(C)C1CCC2CN1[Si]1(O2)OC2CCC(C(C)C)N1C2.